The van der Waals surface area contributed by atoms with Gasteiger partial charge in [0.1, 0.15) is 0 Å². The number of hydrogen-bond acceptors (Lipinski definition) is 4. The van der Waals surface area contributed by atoms with Crippen LogP contribution < -0.4 is 5.32 Å². The van der Waals surface area contributed by atoms with E-state index in [-0.39, 0.29) is 24.8 Å². The summed E-state index contributed by atoms with van der Waals surface area (Å²) >= 11 is 0. The van der Waals surface area contributed by atoms with Crippen LogP contribution in [0.3, 0.4) is 0 Å². The van der Waals surface area contributed by atoms with Crippen molar-refractivity contribution in [2.24, 2.45) is 0 Å². The zero-order chi connectivity index (χ0) is 16.9. The molecule has 148 valence electrons. The Labute approximate surface area is 169 Å². The first-order valence-corrected chi connectivity index (χ1v) is 9.13. The van der Waals surface area contributed by atoms with Gasteiger partial charge in [0.15, 0.2) is 0 Å². The van der Waals surface area contributed by atoms with E-state index < -0.39 is 0 Å². The van der Waals surface area contributed by atoms with Crippen LogP contribution in [0.5, 0.6) is 0 Å². The predicted molar refractivity (Wildman–Crippen MR) is 111 cm³/mol. The second-order valence-corrected chi connectivity index (χ2v) is 7.11. The number of carbonyl (C=O) groups excluding carboxylic acids is 1. The highest BCUT2D eigenvalue weighted by Gasteiger charge is 2.25. The third kappa shape index (κ3) is 6.10. The van der Waals surface area contributed by atoms with Crippen LogP contribution >= 0.6 is 24.8 Å². The van der Waals surface area contributed by atoms with E-state index >= 15 is 0 Å². The van der Waals surface area contributed by atoms with Crippen LogP contribution in [0, 0.1) is 6.92 Å². The number of aryl methyl sites for hydroxylation is 1. The summed E-state index contributed by atoms with van der Waals surface area (Å²) in [6.45, 7) is 12.5. The SMILES string of the molecule is Cc1ccccc1CN1CCN(C(=O)CN2CCNC[C@H]2C)CC1.Cl.Cl. The fourth-order valence-corrected chi connectivity index (χ4v) is 3.58. The van der Waals surface area contributed by atoms with E-state index in [4.69, 9.17) is 0 Å². The number of rotatable bonds is 4. The van der Waals surface area contributed by atoms with E-state index in [9.17, 15) is 4.79 Å². The van der Waals surface area contributed by atoms with Crippen LogP contribution in [0.15, 0.2) is 24.3 Å². The summed E-state index contributed by atoms with van der Waals surface area (Å²) in [6, 6.07) is 9.02. The van der Waals surface area contributed by atoms with Crippen LogP contribution in [-0.4, -0.2) is 79.0 Å². The van der Waals surface area contributed by atoms with Crippen LogP contribution in [0.4, 0.5) is 0 Å². The maximum atomic E-state index is 12.6. The molecular formula is C19H32Cl2N4O. The third-order valence-electron chi connectivity index (χ3n) is 5.36. The summed E-state index contributed by atoms with van der Waals surface area (Å²) in [4.78, 5) is 19.4. The molecular weight excluding hydrogens is 371 g/mol. The highest BCUT2D eigenvalue weighted by atomic mass is 35.5. The molecule has 1 amide bonds. The van der Waals surface area contributed by atoms with Gasteiger partial charge in [-0.15, -0.1) is 24.8 Å². The van der Waals surface area contributed by atoms with Crippen molar-refractivity contribution in [2.75, 3.05) is 52.4 Å². The zero-order valence-corrected chi connectivity index (χ0v) is 17.5. The number of carbonyl (C=O) groups is 1. The van der Waals surface area contributed by atoms with Gasteiger partial charge < -0.3 is 10.2 Å². The summed E-state index contributed by atoms with van der Waals surface area (Å²) < 4.78 is 0. The smallest absolute Gasteiger partial charge is 0.236 e. The summed E-state index contributed by atoms with van der Waals surface area (Å²) in [7, 11) is 0. The Morgan fingerprint density at radius 2 is 1.81 bits per heavy atom. The van der Waals surface area contributed by atoms with Gasteiger partial charge in [0, 0.05) is 58.4 Å². The number of nitrogens with zero attached hydrogens (tertiary/aromatic N) is 3. The minimum absolute atomic E-state index is 0. The van der Waals surface area contributed by atoms with Gasteiger partial charge in [-0.2, -0.15) is 0 Å². The molecule has 2 aliphatic rings. The molecule has 7 heteroatoms. The first-order chi connectivity index (χ1) is 11.6. The number of amides is 1. The number of piperazine rings is 2. The lowest BCUT2D eigenvalue weighted by molar-refractivity contribution is -0.135. The summed E-state index contributed by atoms with van der Waals surface area (Å²) in [5.41, 5.74) is 2.75. The molecule has 2 fully saturated rings. The Morgan fingerprint density at radius 1 is 1.12 bits per heavy atom. The second kappa shape index (κ2) is 11.1. The van der Waals surface area contributed by atoms with Gasteiger partial charge in [0.2, 0.25) is 5.91 Å². The molecule has 3 rings (SSSR count). The quantitative estimate of drug-likeness (QED) is 0.832. The van der Waals surface area contributed by atoms with Gasteiger partial charge in [0.05, 0.1) is 6.54 Å². The molecule has 0 aliphatic carbocycles. The summed E-state index contributed by atoms with van der Waals surface area (Å²) in [6.07, 6.45) is 0. The standard InChI is InChI=1S/C19H30N4O.2ClH/c1-16-5-3-4-6-18(16)14-21-9-11-22(12-10-21)19(24)15-23-8-7-20-13-17(23)2;;/h3-6,17,20H,7-15H2,1-2H3;2*1H/t17-;;/m1../s1. The van der Waals surface area contributed by atoms with E-state index in [1.54, 1.807) is 0 Å². The van der Waals surface area contributed by atoms with Crippen LogP contribution in [-0.2, 0) is 11.3 Å². The fraction of sp³-hybridized carbons (Fsp3) is 0.632. The minimum Gasteiger partial charge on any atom is -0.339 e. The van der Waals surface area contributed by atoms with Crippen molar-refractivity contribution in [3.63, 3.8) is 0 Å². The number of halogens is 2. The average molecular weight is 403 g/mol. The molecule has 26 heavy (non-hydrogen) atoms. The lowest BCUT2D eigenvalue weighted by Gasteiger charge is -2.38. The molecule has 1 N–H and O–H groups in total. The maximum absolute atomic E-state index is 12.6. The van der Waals surface area contributed by atoms with Crippen molar-refractivity contribution in [1.29, 1.82) is 0 Å². The molecule has 0 saturated carbocycles. The molecule has 1 aromatic carbocycles. The minimum atomic E-state index is 0. The average Bonchev–Trinajstić information content (AvgIpc) is 2.59. The van der Waals surface area contributed by atoms with Crippen molar-refractivity contribution in [3.8, 4) is 0 Å². The largest absolute Gasteiger partial charge is 0.339 e. The normalized spacial score (nSPS) is 21.6. The van der Waals surface area contributed by atoms with E-state index in [1.807, 2.05) is 4.90 Å². The molecule has 0 unspecified atom stereocenters. The number of nitrogens with one attached hydrogen (secondary N) is 1. The molecule has 2 saturated heterocycles. The summed E-state index contributed by atoms with van der Waals surface area (Å²) in [5.74, 6) is 0.291. The van der Waals surface area contributed by atoms with E-state index in [2.05, 4.69) is 53.2 Å². The number of hydrogen-bond donors (Lipinski definition) is 1. The molecule has 5 nitrogen and oxygen atoms in total. The molecule has 0 spiro atoms. The predicted octanol–water partition coefficient (Wildman–Crippen LogP) is 1.78. The van der Waals surface area contributed by atoms with Gasteiger partial charge in [-0.1, -0.05) is 24.3 Å². The Balaban J connectivity index is 0.00000169. The van der Waals surface area contributed by atoms with Crippen molar-refractivity contribution < 1.29 is 4.79 Å². The van der Waals surface area contributed by atoms with Crippen LogP contribution in [0.25, 0.3) is 0 Å². The van der Waals surface area contributed by atoms with Gasteiger partial charge in [-0.05, 0) is 25.0 Å². The Kier molecular flexibility index (Phi) is 9.90. The first-order valence-electron chi connectivity index (χ1n) is 9.13. The van der Waals surface area contributed by atoms with Gasteiger partial charge >= 0.3 is 0 Å². The first kappa shape index (κ1) is 23.2. The van der Waals surface area contributed by atoms with Gasteiger partial charge in [-0.25, -0.2) is 0 Å². The lowest BCUT2D eigenvalue weighted by atomic mass is 10.1. The summed E-state index contributed by atoms with van der Waals surface area (Å²) in [5, 5.41) is 3.38. The van der Waals surface area contributed by atoms with Crippen LogP contribution in [0.2, 0.25) is 0 Å². The molecule has 1 aromatic rings. The van der Waals surface area contributed by atoms with Crippen LogP contribution in [0.1, 0.15) is 18.1 Å². The van der Waals surface area contributed by atoms with Crippen molar-refractivity contribution in [3.05, 3.63) is 35.4 Å². The lowest BCUT2D eigenvalue weighted by Crippen LogP contribution is -2.55. The molecule has 0 bridgehead atoms. The van der Waals surface area contributed by atoms with Crippen molar-refractivity contribution in [2.45, 2.75) is 26.4 Å². The third-order valence-corrected chi connectivity index (χ3v) is 5.36. The Bertz CT molecular complexity index is 564. The highest BCUT2D eigenvalue weighted by Crippen LogP contribution is 2.13. The molecule has 0 aromatic heterocycles. The Morgan fingerprint density at radius 3 is 2.46 bits per heavy atom. The van der Waals surface area contributed by atoms with Crippen molar-refractivity contribution in [1.82, 2.24) is 20.0 Å². The van der Waals surface area contributed by atoms with Gasteiger partial charge in [-0.3, -0.25) is 14.6 Å². The van der Waals surface area contributed by atoms with Crippen molar-refractivity contribution >= 4 is 30.7 Å². The molecule has 1 atom stereocenters. The van der Waals surface area contributed by atoms with Gasteiger partial charge in [0.25, 0.3) is 0 Å². The monoisotopic (exact) mass is 402 g/mol. The zero-order valence-electron chi connectivity index (χ0n) is 15.8. The highest BCUT2D eigenvalue weighted by molar-refractivity contribution is 5.85. The topological polar surface area (TPSA) is 38.8 Å². The maximum Gasteiger partial charge on any atom is 0.236 e. The fourth-order valence-electron chi connectivity index (χ4n) is 3.58. The number of benzene rings is 1. The second-order valence-electron chi connectivity index (χ2n) is 7.11. The molecule has 2 aliphatic heterocycles. The molecule has 0 radical (unpaired) electrons. The van der Waals surface area contributed by atoms with E-state index in [0.717, 1.165) is 52.4 Å². The Hall–Kier alpha value is -0.850. The molecule has 2 heterocycles. The van der Waals surface area contributed by atoms with E-state index in [0.29, 0.717) is 18.5 Å². The van der Waals surface area contributed by atoms with E-state index in [1.165, 1.54) is 11.1 Å².